The standard InChI is InChI=1S/C20H27N/c1-4-19(18-9-7-6-8-10-18)20(21-5-2)15-17-13-11-16(3)12-14-17/h6-14,19-21H,4-5,15H2,1-3H3. The normalized spacial score (nSPS) is 13.9. The molecule has 0 aliphatic rings. The highest BCUT2D eigenvalue weighted by Crippen LogP contribution is 2.25. The number of hydrogen-bond donors (Lipinski definition) is 1. The molecule has 2 aromatic rings. The van der Waals surface area contributed by atoms with Crippen LogP contribution in [0.25, 0.3) is 0 Å². The second kappa shape index (κ2) is 7.99. The molecule has 2 rings (SSSR count). The maximum atomic E-state index is 3.70. The molecule has 1 nitrogen and oxygen atoms in total. The van der Waals surface area contributed by atoms with Crippen LogP contribution in [-0.4, -0.2) is 12.6 Å². The zero-order valence-electron chi connectivity index (χ0n) is 13.5. The maximum absolute atomic E-state index is 3.70. The minimum atomic E-state index is 0.491. The second-order valence-electron chi connectivity index (χ2n) is 5.78. The Kier molecular flexibility index (Phi) is 6.01. The van der Waals surface area contributed by atoms with Gasteiger partial charge in [-0.05, 0) is 43.4 Å². The van der Waals surface area contributed by atoms with E-state index in [4.69, 9.17) is 0 Å². The van der Waals surface area contributed by atoms with E-state index in [-0.39, 0.29) is 0 Å². The van der Waals surface area contributed by atoms with E-state index in [1.165, 1.54) is 16.7 Å². The highest BCUT2D eigenvalue weighted by Gasteiger charge is 2.21. The van der Waals surface area contributed by atoms with Gasteiger partial charge < -0.3 is 5.32 Å². The Hall–Kier alpha value is -1.60. The van der Waals surface area contributed by atoms with Crippen molar-refractivity contribution in [1.82, 2.24) is 5.32 Å². The number of likely N-dealkylation sites (N-methyl/N-ethyl adjacent to an activating group) is 1. The van der Waals surface area contributed by atoms with Gasteiger partial charge in [0, 0.05) is 6.04 Å². The summed E-state index contributed by atoms with van der Waals surface area (Å²) in [5, 5.41) is 3.70. The number of hydrogen-bond acceptors (Lipinski definition) is 1. The van der Waals surface area contributed by atoms with Crippen LogP contribution in [-0.2, 0) is 6.42 Å². The Balaban J connectivity index is 2.18. The molecule has 0 aliphatic heterocycles. The van der Waals surface area contributed by atoms with Gasteiger partial charge in [-0.15, -0.1) is 0 Å². The Morgan fingerprint density at radius 3 is 2.14 bits per heavy atom. The first kappa shape index (κ1) is 15.8. The fraction of sp³-hybridized carbons (Fsp3) is 0.400. The summed E-state index contributed by atoms with van der Waals surface area (Å²) >= 11 is 0. The largest absolute Gasteiger partial charge is 0.313 e. The molecule has 2 atom stereocenters. The zero-order valence-corrected chi connectivity index (χ0v) is 13.5. The van der Waals surface area contributed by atoms with Crippen LogP contribution in [0.1, 0.15) is 42.9 Å². The molecule has 0 amide bonds. The van der Waals surface area contributed by atoms with E-state index in [2.05, 4.69) is 80.7 Å². The lowest BCUT2D eigenvalue weighted by atomic mass is 9.85. The van der Waals surface area contributed by atoms with Crippen molar-refractivity contribution in [2.24, 2.45) is 0 Å². The fourth-order valence-corrected chi connectivity index (χ4v) is 3.05. The first-order valence-electron chi connectivity index (χ1n) is 8.08. The molecule has 112 valence electrons. The summed E-state index contributed by atoms with van der Waals surface area (Å²) < 4.78 is 0. The molecule has 0 aromatic heterocycles. The SMILES string of the molecule is CCNC(Cc1ccc(C)cc1)C(CC)c1ccccc1. The van der Waals surface area contributed by atoms with E-state index < -0.39 is 0 Å². The van der Waals surface area contributed by atoms with Crippen molar-refractivity contribution in [2.45, 2.75) is 45.6 Å². The monoisotopic (exact) mass is 281 g/mol. The molecule has 2 aromatic carbocycles. The molecular weight excluding hydrogens is 254 g/mol. The van der Waals surface area contributed by atoms with Crippen LogP contribution in [0.5, 0.6) is 0 Å². The minimum Gasteiger partial charge on any atom is -0.313 e. The predicted octanol–water partition coefficient (Wildman–Crippen LogP) is 4.71. The first-order chi connectivity index (χ1) is 10.2. The summed E-state index contributed by atoms with van der Waals surface area (Å²) in [5.74, 6) is 0.562. The lowest BCUT2D eigenvalue weighted by molar-refractivity contribution is 0.428. The van der Waals surface area contributed by atoms with Gasteiger partial charge in [0.1, 0.15) is 0 Å². The first-order valence-corrected chi connectivity index (χ1v) is 8.08. The molecule has 0 aliphatic carbocycles. The van der Waals surface area contributed by atoms with Crippen LogP contribution < -0.4 is 5.32 Å². The van der Waals surface area contributed by atoms with Gasteiger partial charge in [-0.25, -0.2) is 0 Å². The van der Waals surface area contributed by atoms with E-state index in [9.17, 15) is 0 Å². The van der Waals surface area contributed by atoms with E-state index in [0.717, 1.165) is 19.4 Å². The molecule has 0 radical (unpaired) electrons. The van der Waals surface area contributed by atoms with Gasteiger partial charge in [0.2, 0.25) is 0 Å². The van der Waals surface area contributed by atoms with Gasteiger partial charge in [-0.2, -0.15) is 0 Å². The maximum Gasteiger partial charge on any atom is 0.0176 e. The van der Waals surface area contributed by atoms with Crippen molar-refractivity contribution in [3.63, 3.8) is 0 Å². The molecule has 21 heavy (non-hydrogen) atoms. The van der Waals surface area contributed by atoms with E-state index >= 15 is 0 Å². The molecule has 0 heterocycles. The summed E-state index contributed by atoms with van der Waals surface area (Å²) in [4.78, 5) is 0. The topological polar surface area (TPSA) is 12.0 Å². The van der Waals surface area contributed by atoms with Crippen molar-refractivity contribution < 1.29 is 0 Å². The molecule has 1 heteroatoms. The number of nitrogens with one attached hydrogen (secondary N) is 1. The van der Waals surface area contributed by atoms with Gasteiger partial charge in [0.15, 0.2) is 0 Å². The molecule has 0 spiro atoms. The van der Waals surface area contributed by atoms with Crippen molar-refractivity contribution in [1.29, 1.82) is 0 Å². The van der Waals surface area contributed by atoms with E-state index in [1.54, 1.807) is 0 Å². The van der Waals surface area contributed by atoms with Crippen molar-refractivity contribution >= 4 is 0 Å². The molecule has 0 bridgehead atoms. The third-order valence-electron chi connectivity index (χ3n) is 4.20. The molecule has 1 N–H and O–H groups in total. The summed E-state index contributed by atoms with van der Waals surface area (Å²) in [6, 6.07) is 20.3. The molecule has 0 fully saturated rings. The van der Waals surface area contributed by atoms with Crippen LogP contribution in [0, 0.1) is 6.92 Å². The van der Waals surface area contributed by atoms with E-state index in [1.807, 2.05) is 0 Å². The summed E-state index contributed by atoms with van der Waals surface area (Å²) in [7, 11) is 0. The highest BCUT2D eigenvalue weighted by atomic mass is 14.9. The lowest BCUT2D eigenvalue weighted by Crippen LogP contribution is -2.36. The number of benzene rings is 2. The number of aryl methyl sites for hydroxylation is 1. The molecule has 0 saturated carbocycles. The van der Waals surface area contributed by atoms with Gasteiger partial charge in [-0.1, -0.05) is 74.0 Å². The highest BCUT2D eigenvalue weighted by molar-refractivity contribution is 5.25. The lowest BCUT2D eigenvalue weighted by Gasteiger charge is -2.28. The Bertz CT molecular complexity index is 515. The molecular formula is C20H27N. The average molecular weight is 281 g/mol. The molecule has 0 saturated heterocycles. The van der Waals surface area contributed by atoms with Crippen LogP contribution in [0.4, 0.5) is 0 Å². The van der Waals surface area contributed by atoms with Crippen LogP contribution in [0.3, 0.4) is 0 Å². The van der Waals surface area contributed by atoms with Crippen molar-refractivity contribution in [3.8, 4) is 0 Å². The van der Waals surface area contributed by atoms with Crippen LogP contribution in [0.15, 0.2) is 54.6 Å². The van der Waals surface area contributed by atoms with Crippen LogP contribution in [0.2, 0.25) is 0 Å². The predicted molar refractivity (Wildman–Crippen MR) is 91.8 cm³/mol. The summed E-state index contributed by atoms with van der Waals surface area (Å²) in [6.07, 6.45) is 2.25. The Morgan fingerprint density at radius 1 is 0.905 bits per heavy atom. The fourth-order valence-electron chi connectivity index (χ4n) is 3.05. The number of rotatable bonds is 7. The van der Waals surface area contributed by atoms with E-state index in [0.29, 0.717) is 12.0 Å². The van der Waals surface area contributed by atoms with Gasteiger partial charge >= 0.3 is 0 Å². The third kappa shape index (κ3) is 4.44. The zero-order chi connectivity index (χ0) is 15.1. The second-order valence-corrected chi connectivity index (χ2v) is 5.78. The van der Waals surface area contributed by atoms with Gasteiger partial charge in [0.05, 0.1) is 0 Å². The Morgan fingerprint density at radius 2 is 1.57 bits per heavy atom. The third-order valence-corrected chi connectivity index (χ3v) is 4.20. The average Bonchev–Trinajstić information content (AvgIpc) is 2.51. The van der Waals surface area contributed by atoms with Crippen molar-refractivity contribution in [3.05, 3.63) is 71.3 Å². The summed E-state index contributed by atoms with van der Waals surface area (Å²) in [5.41, 5.74) is 4.19. The minimum absolute atomic E-state index is 0.491. The quantitative estimate of drug-likeness (QED) is 0.775. The van der Waals surface area contributed by atoms with Crippen molar-refractivity contribution in [2.75, 3.05) is 6.54 Å². The van der Waals surface area contributed by atoms with Gasteiger partial charge in [-0.3, -0.25) is 0 Å². The smallest absolute Gasteiger partial charge is 0.0176 e. The molecule has 2 unspecified atom stereocenters. The summed E-state index contributed by atoms with van der Waals surface area (Å²) in [6.45, 7) is 7.64. The van der Waals surface area contributed by atoms with Crippen LogP contribution >= 0.6 is 0 Å². The Labute approximate surface area is 129 Å². The van der Waals surface area contributed by atoms with Gasteiger partial charge in [0.25, 0.3) is 0 Å².